The fraction of sp³-hybridized carbons (Fsp3) is 0.600. The lowest BCUT2D eigenvalue weighted by atomic mass is 10.2. The van der Waals surface area contributed by atoms with Crippen molar-refractivity contribution in [2.75, 3.05) is 46.4 Å². The Balaban J connectivity index is 1.61. The number of ether oxygens (including phenoxy) is 1. The van der Waals surface area contributed by atoms with Crippen molar-refractivity contribution in [1.82, 2.24) is 9.80 Å². The molecule has 2 N–H and O–H groups in total. The van der Waals surface area contributed by atoms with Crippen molar-refractivity contribution in [3.63, 3.8) is 0 Å². The molecule has 1 aliphatic rings. The van der Waals surface area contributed by atoms with E-state index in [1.807, 2.05) is 24.3 Å². The van der Waals surface area contributed by atoms with E-state index in [2.05, 4.69) is 16.8 Å². The molecule has 0 unspecified atom stereocenters. The van der Waals surface area contributed by atoms with Crippen LogP contribution >= 0.6 is 0 Å². The summed E-state index contributed by atoms with van der Waals surface area (Å²) < 4.78 is 5.74. The highest BCUT2D eigenvalue weighted by atomic mass is 16.5. The second-order valence-electron chi connectivity index (χ2n) is 5.20. The van der Waals surface area contributed by atoms with Crippen molar-refractivity contribution in [2.24, 2.45) is 5.73 Å². The third kappa shape index (κ3) is 4.82. The Labute approximate surface area is 116 Å². The average Bonchev–Trinajstić information content (AvgIpc) is 2.46. The van der Waals surface area contributed by atoms with Gasteiger partial charge in [-0.15, -0.1) is 0 Å². The molecular weight excluding hydrogens is 238 g/mol. The second kappa shape index (κ2) is 7.48. The Morgan fingerprint density at radius 3 is 2.42 bits per heavy atom. The summed E-state index contributed by atoms with van der Waals surface area (Å²) in [6, 6.07) is 8.04. The highest BCUT2D eigenvalue weighted by Crippen LogP contribution is 2.12. The van der Waals surface area contributed by atoms with Gasteiger partial charge in [0.25, 0.3) is 0 Å². The van der Waals surface area contributed by atoms with Gasteiger partial charge in [-0.3, -0.25) is 0 Å². The van der Waals surface area contributed by atoms with Crippen LogP contribution in [0.1, 0.15) is 12.0 Å². The largest absolute Gasteiger partial charge is 0.494 e. The molecule has 1 saturated heterocycles. The van der Waals surface area contributed by atoms with Crippen molar-refractivity contribution in [1.29, 1.82) is 0 Å². The monoisotopic (exact) mass is 263 g/mol. The first-order valence-electron chi connectivity index (χ1n) is 7.10. The number of hydrogen-bond acceptors (Lipinski definition) is 4. The van der Waals surface area contributed by atoms with E-state index in [9.17, 15) is 0 Å². The van der Waals surface area contributed by atoms with Crippen LogP contribution < -0.4 is 10.5 Å². The maximum Gasteiger partial charge on any atom is 0.119 e. The van der Waals surface area contributed by atoms with Gasteiger partial charge >= 0.3 is 0 Å². The molecular formula is C15H25N3O. The molecule has 0 saturated carbocycles. The third-order valence-corrected chi connectivity index (χ3v) is 3.64. The fourth-order valence-corrected chi connectivity index (χ4v) is 2.27. The van der Waals surface area contributed by atoms with E-state index in [0.717, 1.165) is 30.9 Å². The number of benzene rings is 1. The highest BCUT2D eigenvalue weighted by molar-refractivity contribution is 5.26. The van der Waals surface area contributed by atoms with E-state index >= 15 is 0 Å². The molecule has 2 rings (SSSR count). The number of likely N-dealkylation sites (N-methyl/N-ethyl adjacent to an activating group) is 1. The van der Waals surface area contributed by atoms with E-state index in [-0.39, 0.29) is 0 Å². The first-order chi connectivity index (χ1) is 9.28. The first-order valence-corrected chi connectivity index (χ1v) is 7.10. The van der Waals surface area contributed by atoms with Gasteiger partial charge in [0.1, 0.15) is 5.75 Å². The van der Waals surface area contributed by atoms with Crippen LogP contribution in [0.4, 0.5) is 0 Å². The Kier molecular flexibility index (Phi) is 5.63. The summed E-state index contributed by atoms with van der Waals surface area (Å²) in [5.74, 6) is 0.940. The normalized spacial score (nSPS) is 17.6. The smallest absolute Gasteiger partial charge is 0.119 e. The Bertz CT molecular complexity index is 358. The Hall–Kier alpha value is -1.10. The summed E-state index contributed by atoms with van der Waals surface area (Å²) >= 11 is 0. The van der Waals surface area contributed by atoms with E-state index < -0.39 is 0 Å². The standard InChI is InChI=1S/C15H25N3O/c1-17-8-10-18(11-9-17)7-2-12-19-15-5-3-14(13-16)4-6-15/h3-6H,2,7-13,16H2,1H3. The zero-order chi connectivity index (χ0) is 13.5. The van der Waals surface area contributed by atoms with Gasteiger partial charge in [-0.2, -0.15) is 0 Å². The molecule has 4 nitrogen and oxygen atoms in total. The Morgan fingerprint density at radius 2 is 1.79 bits per heavy atom. The van der Waals surface area contributed by atoms with Crippen LogP contribution in [0.2, 0.25) is 0 Å². The lowest BCUT2D eigenvalue weighted by molar-refractivity contribution is 0.145. The van der Waals surface area contributed by atoms with Gasteiger partial charge in [-0.25, -0.2) is 0 Å². The molecule has 0 radical (unpaired) electrons. The summed E-state index contributed by atoms with van der Waals surface area (Å²) in [5, 5.41) is 0. The minimum absolute atomic E-state index is 0.587. The molecule has 19 heavy (non-hydrogen) atoms. The lowest BCUT2D eigenvalue weighted by Gasteiger charge is -2.32. The van der Waals surface area contributed by atoms with Gasteiger partial charge in [-0.1, -0.05) is 12.1 Å². The van der Waals surface area contributed by atoms with Gasteiger partial charge in [-0.05, 0) is 31.2 Å². The number of rotatable bonds is 6. The van der Waals surface area contributed by atoms with Crippen LogP contribution in [0.25, 0.3) is 0 Å². The van der Waals surface area contributed by atoms with Crippen molar-refractivity contribution >= 4 is 0 Å². The molecule has 0 spiro atoms. The molecule has 4 heteroatoms. The number of hydrogen-bond donors (Lipinski definition) is 1. The van der Waals surface area contributed by atoms with Gasteiger partial charge in [0.2, 0.25) is 0 Å². The van der Waals surface area contributed by atoms with Crippen LogP contribution in [0.15, 0.2) is 24.3 Å². The van der Waals surface area contributed by atoms with Gasteiger partial charge < -0.3 is 20.3 Å². The summed E-state index contributed by atoms with van der Waals surface area (Å²) in [5.41, 5.74) is 6.71. The second-order valence-corrected chi connectivity index (χ2v) is 5.20. The van der Waals surface area contributed by atoms with Gasteiger partial charge in [0.15, 0.2) is 0 Å². The number of piperazine rings is 1. The van der Waals surface area contributed by atoms with Crippen LogP contribution in [0.3, 0.4) is 0 Å². The zero-order valence-corrected chi connectivity index (χ0v) is 11.8. The van der Waals surface area contributed by atoms with Crippen molar-refractivity contribution < 1.29 is 4.74 Å². The molecule has 1 heterocycles. The minimum Gasteiger partial charge on any atom is -0.494 e. The van der Waals surface area contributed by atoms with Crippen LogP contribution in [-0.4, -0.2) is 56.2 Å². The highest BCUT2D eigenvalue weighted by Gasteiger charge is 2.12. The van der Waals surface area contributed by atoms with Crippen molar-refractivity contribution in [3.05, 3.63) is 29.8 Å². The quantitative estimate of drug-likeness (QED) is 0.782. The van der Waals surface area contributed by atoms with Crippen LogP contribution in [0, 0.1) is 0 Å². The molecule has 0 atom stereocenters. The SMILES string of the molecule is CN1CCN(CCCOc2ccc(CN)cc2)CC1. The molecule has 0 aliphatic carbocycles. The van der Waals surface area contributed by atoms with E-state index in [1.165, 1.54) is 26.2 Å². The molecule has 1 aliphatic heterocycles. The lowest BCUT2D eigenvalue weighted by Crippen LogP contribution is -2.44. The fourth-order valence-electron chi connectivity index (χ4n) is 2.27. The zero-order valence-electron chi connectivity index (χ0n) is 11.8. The Morgan fingerprint density at radius 1 is 1.11 bits per heavy atom. The predicted molar refractivity (Wildman–Crippen MR) is 78.4 cm³/mol. The van der Waals surface area contributed by atoms with Crippen molar-refractivity contribution in [3.8, 4) is 5.75 Å². The van der Waals surface area contributed by atoms with Crippen LogP contribution in [0.5, 0.6) is 5.75 Å². The number of nitrogens with zero attached hydrogens (tertiary/aromatic N) is 2. The molecule has 1 aromatic rings. The predicted octanol–water partition coefficient (Wildman–Crippen LogP) is 1.16. The summed E-state index contributed by atoms with van der Waals surface area (Å²) in [7, 11) is 2.19. The van der Waals surface area contributed by atoms with E-state index in [4.69, 9.17) is 10.5 Å². The number of nitrogens with two attached hydrogens (primary N) is 1. The minimum atomic E-state index is 0.587. The molecule has 0 amide bonds. The molecule has 0 bridgehead atoms. The molecule has 1 aromatic carbocycles. The summed E-state index contributed by atoms with van der Waals surface area (Å²) in [6.45, 7) is 7.24. The van der Waals surface area contributed by atoms with Crippen molar-refractivity contribution in [2.45, 2.75) is 13.0 Å². The van der Waals surface area contributed by atoms with Gasteiger partial charge in [0, 0.05) is 39.3 Å². The molecule has 106 valence electrons. The summed E-state index contributed by atoms with van der Waals surface area (Å²) in [4.78, 5) is 4.90. The van der Waals surface area contributed by atoms with E-state index in [0.29, 0.717) is 6.54 Å². The maximum absolute atomic E-state index is 5.74. The topological polar surface area (TPSA) is 41.7 Å². The third-order valence-electron chi connectivity index (χ3n) is 3.64. The maximum atomic E-state index is 5.74. The van der Waals surface area contributed by atoms with E-state index in [1.54, 1.807) is 0 Å². The first kappa shape index (κ1) is 14.3. The van der Waals surface area contributed by atoms with Gasteiger partial charge in [0.05, 0.1) is 6.61 Å². The molecule has 1 fully saturated rings. The molecule has 0 aromatic heterocycles. The summed E-state index contributed by atoms with van der Waals surface area (Å²) in [6.07, 6.45) is 1.09. The average molecular weight is 263 g/mol. The van der Waals surface area contributed by atoms with Crippen LogP contribution in [-0.2, 0) is 6.54 Å².